The number of unbranched alkanes of at least 4 members (excludes halogenated alkanes) is 1. The lowest BCUT2D eigenvalue weighted by molar-refractivity contribution is -0.143. The summed E-state index contributed by atoms with van der Waals surface area (Å²) in [4.78, 5) is 26.5. The molecule has 6 nitrogen and oxygen atoms in total. The molecule has 7 heteroatoms. The summed E-state index contributed by atoms with van der Waals surface area (Å²) in [6, 6.07) is -0.511. The van der Waals surface area contributed by atoms with Crippen LogP contribution in [0.15, 0.2) is 0 Å². The lowest BCUT2D eigenvalue weighted by atomic mass is 10.2. The van der Waals surface area contributed by atoms with Crippen LogP contribution in [0.3, 0.4) is 0 Å². The molecule has 0 aromatic heterocycles. The quantitative estimate of drug-likeness (QED) is 0.685. The third-order valence-electron chi connectivity index (χ3n) is 3.56. The van der Waals surface area contributed by atoms with Crippen LogP contribution < -0.4 is 5.32 Å². The molecular weight excluding hydrogens is 278 g/mol. The molecule has 0 spiro atoms. The molecule has 1 rings (SSSR count). The van der Waals surface area contributed by atoms with Crippen molar-refractivity contribution in [2.75, 3.05) is 44.7 Å². The molecule has 1 heterocycles. The normalized spacial score (nSPS) is 17.8. The first-order valence-electron chi connectivity index (χ1n) is 7.05. The minimum atomic E-state index is -0.809. The molecule has 1 unspecified atom stereocenters. The molecule has 1 atom stereocenters. The smallest absolute Gasteiger partial charge is 0.320 e. The summed E-state index contributed by atoms with van der Waals surface area (Å²) in [5, 5.41) is 11.9. The molecule has 0 aliphatic carbocycles. The van der Waals surface area contributed by atoms with Crippen LogP contribution in [-0.4, -0.2) is 77.7 Å². The Bertz CT molecular complexity index is 320. The number of urea groups is 1. The number of hydrogen-bond acceptors (Lipinski definition) is 4. The van der Waals surface area contributed by atoms with Gasteiger partial charge in [0.15, 0.2) is 0 Å². The number of rotatable bonds is 7. The average molecular weight is 303 g/mol. The Labute approximate surface area is 124 Å². The number of hydrogen-bond donors (Lipinski definition) is 2. The Morgan fingerprint density at radius 1 is 1.25 bits per heavy atom. The van der Waals surface area contributed by atoms with E-state index in [1.54, 1.807) is 11.8 Å². The van der Waals surface area contributed by atoms with Crippen molar-refractivity contribution in [2.24, 2.45) is 0 Å². The minimum absolute atomic E-state index is 0.0308. The van der Waals surface area contributed by atoms with Gasteiger partial charge in [-0.2, -0.15) is 11.8 Å². The SMILES string of the molecule is CSCCCCNC(=O)N1CCN(C(C)C(=O)O)CC1. The number of piperazine rings is 1. The fourth-order valence-electron chi connectivity index (χ4n) is 2.15. The number of thioether (sulfide) groups is 1. The van der Waals surface area contributed by atoms with E-state index in [2.05, 4.69) is 11.6 Å². The number of carbonyl (C=O) groups is 2. The third-order valence-corrected chi connectivity index (χ3v) is 4.25. The Morgan fingerprint density at radius 2 is 1.90 bits per heavy atom. The van der Waals surface area contributed by atoms with Gasteiger partial charge < -0.3 is 15.3 Å². The molecule has 20 heavy (non-hydrogen) atoms. The molecule has 1 saturated heterocycles. The summed E-state index contributed by atoms with van der Waals surface area (Å²) in [7, 11) is 0. The number of carboxylic acids is 1. The van der Waals surface area contributed by atoms with Crippen molar-refractivity contribution < 1.29 is 14.7 Å². The van der Waals surface area contributed by atoms with E-state index in [0.29, 0.717) is 32.7 Å². The summed E-state index contributed by atoms with van der Waals surface area (Å²) < 4.78 is 0. The van der Waals surface area contributed by atoms with Gasteiger partial charge in [-0.3, -0.25) is 9.69 Å². The van der Waals surface area contributed by atoms with Gasteiger partial charge in [0.1, 0.15) is 6.04 Å². The summed E-state index contributed by atoms with van der Waals surface area (Å²) in [5.41, 5.74) is 0. The summed E-state index contributed by atoms with van der Waals surface area (Å²) >= 11 is 1.82. The first-order valence-corrected chi connectivity index (χ1v) is 8.44. The lowest BCUT2D eigenvalue weighted by Gasteiger charge is -2.36. The van der Waals surface area contributed by atoms with Crippen LogP contribution >= 0.6 is 11.8 Å². The van der Waals surface area contributed by atoms with Crippen molar-refractivity contribution in [1.29, 1.82) is 0 Å². The predicted octanol–water partition coefficient (Wildman–Crippen LogP) is 0.930. The maximum atomic E-state index is 11.9. The highest BCUT2D eigenvalue weighted by Crippen LogP contribution is 2.07. The molecule has 1 fully saturated rings. The van der Waals surface area contributed by atoms with E-state index < -0.39 is 12.0 Å². The van der Waals surface area contributed by atoms with Gasteiger partial charge >= 0.3 is 12.0 Å². The highest BCUT2D eigenvalue weighted by Gasteiger charge is 2.26. The molecule has 1 aliphatic rings. The molecule has 1 aliphatic heterocycles. The van der Waals surface area contributed by atoms with Crippen LogP contribution in [0.25, 0.3) is 0 Å². The maximum absolute atomic E-state index is 11.9. The van der Waals surface area contributed by atoms with Crippen molar-refractivity contribution in [1.82, 2.24) is 15.1 Å². The Kier molecular flexibility index (Phi) is 7.76. The standard InChI is InChI=1S/C13H25N3O3S/c1-11(12(17)18)15-6-8-16(9-7-15)13(19)14-5-3-4-10-20-2/h11H,3-10H2,1-2H3,(H,14,19)(H,17,18). The second-order valence-electron chi connectivity index (χ2n) is 4.97. The van der Waals surface area contributed by atoms with Gasteiger partial charge in [0.05, 0.1) is 0 Å². The molecule has 0 aromatic rings. The molecule has 0 saturated carbocycles. The van der Waals surface area contributed by atoms with Gasteiger partial charge in [-0.25, -0.2) is 4.79 Å². The Hall–Kier alpha value is -0.950. The van der Waals surface area contributed by atoms with Gasteiger partial charge in [-0.1, -0.05) is 0 Å². The van der Waals surface area contributed by atoms with E-state index in [9.17, 15) is 9.59 Å². The van der Waals surface area contributed by atoms with Crippen LogP contribution in [-0.2, 0) is 4.79 Å². The van der Waals surface area contributed by atoms with E-state index in [1.807, 2.05) is 16.7 Å². The highest BCUT2D eigenvalue weighted by molar-refractivity contribution is 7.98. The fraction of sp³-hybridized carbons (Fsp3) is 0.846. The van der Waals surface area contributed by atoms with Crippen molar-refractivity contribution >= 4 is 23.8 Å². The lowest BCUT2D eigenvalue weighted by Crippen LogP contribution is -2.55. The number of carboxylic acid groups (broad SMARTS) is 1. The Morgan fingerprint density at radius 3 is 2.45 bits per heavy atom. The van der Waals surface area contributed by atoms with Gasteiger partial charge in [0.25, 0.3) is 0 Å². The first-order chi connectivity index (χ1) is 9.56. The van der Waals surface area contributed by atoms with E-state index in [1.165, 1.54) is 0 Å². The first kappa shape index (κ1) is 17.1. The number of nitrogens with zero attached hydrogens (tertiary/aromatic N) is 2. The molecule has 0 bridgehead atoms. The maximum Gasteiger partial charge on any atom is 0.320 e. The van der Waals surface area contributed by atoms with Crippen molar-refractivity contribution in [2.45, 2.75) is 25.8 Å². The van der Waals surface area contributed by atoms with Gasteiger partial charge in [0, 0.05) is 32.7 Å². The molecular formula is C13H25N3O3S. The molecule has 116 valence electrons. The number of nitrogens with one attached hydrogen (secondary N) is 1. The monoisotopic (exact) mass is 303 g/mol. The summed E-state index contributed by atoms with van der Waals surface area (Å²) in [6.45, 7) is 4.82. The fourth-order valence-corrected chi connectivity index (χ4v) is 2.64. The topological polar surface area (TPSA) is 72.9 Å². The average Bonchev–Trinajstić information content (AvgIpc) is 2.46. The van der Waals surface area contributed by atoms with Crippen molar-refractivity contribution in [3.05, 3.63) is 0 Å². The summed E-state index contributed by atoms with van der Waals surface area (Å²) in [5.74, 6) is 0.318. The van der Waals surface area contributed by atoms with Crippen LogP contribution in [0.1, 0.15) is 19.8 Å². The number of carbonyl (C=O) groups excluding carboxylic acids is 1. The van der Waals surface area contributed by atoms with Crippen LogP contribution in [0, 0.1) is 0 Å². The zero-order chi connectivity index (χ0) is 15.0. The van der Waals surface area contributed by atoms with Crippen LogP contribution in [0.2, 0.25) is 0 Å². The Balaban J connectivity index is 2.20. The second-order valence-corrected chi connectivity index (χ2v) is 5.95. The van der Waals surface area contributed by atoms with Crippen LogP contribution in [0.5, 0.6) is 0 Å². The summed E-state index contributed by atoms with van der Waals surface area (Å²) in [6.07, 6.45) is 4.20. The highest BCUT2D eigenvalue weighted by atomic mass is 32.2. The number of amides is 2. The predicted molar refractivity (Wildman–Crippen MR) is 81.3 cm³/mol. The van der Waals surface area contributed by atoms with E-state index in [4.69, 9.17) is 5.11 Å². The van der Waals surface area contributed by atoms with E-state index in [0.717, 1.165) is 18.6 Å². The molecule has 2 amide bonds. The zero-order valence-corrected chi connectivity index (χ0v) is 13.1. The van der Waals surface area contributed by atoms with Crippen LogP contribution in [0.4, 0.5) is 4.79 Å². The minimum Gasteiger partial charge on any atom is -0.480 e. The third kappa shape index (κ3) is 5.58. The molecule has 0 aromatic carbocycles. The molecule has 2 N–H and O–H groups in total. The van der Waals surface area contributed by atoms with Gasteiger partial charge in [-0.05, 0) is 31.8 Å². The largest absolute Gasteiger partial charge is 0.480 e. The van der Waals surface area contributed by atoms with E-state index in [-0.39, 0.29) is 6.03 Å². The van der Waals surface area contributed by atoms with Crippen molar-refractivity contribution in [3.63, 3.8) is 0 Å². The van der Waals surface area contributed by atoms with E-state index >= 15 is 0 Å². The van der Waals surface area contributed by atoms with Crippen molar-refractivity contribution in [3.8, 4) is 0 Å². The number of aliphatic carboxylic acids is 1. The van der Waals surface area contributed by atoms with Gasteiger partial charge in [0.2, 0.25) is 0 Å². The zero-order valence-electron chi connectivity index (χ0n) is 12.3. The molecule has 0 radical (unpaired) electrons. The van der Waals surface area contributed by atoms with Gasteiger partial charge in [-0.15, -0.1) is 0 Å². The second kappa shape index (κ2) is 9.07.